The Bertz CT molecular complexity index is 375. The zero-order valence-electron chi connectivity index (χ0n) is 7.71. The van der Waals surface area contributed by atoms with E-state index in [2.05, 4.69) is 0 Å². The van der Waals surface area contributed by atoms with Gasteiger partial charge in [0.15, 0.2) is 0 Å². The predicted molar refractivity (Wildman–Crippen MR) is 61.1 cm³/mol. The lowest BCUT2D eigenvalue weighted by molar-refractivity contribution is -0.0107. The Morgan fingerprint density at radius 1 is 1.07 bits per heavy atom. The Hall–Kier alpha value is -0.150. The van der Waals surface area contributed by atoms with Gasteiger partial charge in [-0.1, -0.05) is 34.8 Å². The van der Waals surface area contributed by atoms with E-state index in [4.69, 9.17) is 44.6 Å². The summed E-state index contributed by atoms with van der Waals surface area (Å²) in [7, 11) is 0. The minimum atomic E-state index is -0.253. The molecule has 0 saturated heterocycles. The number of benzene rings is 1. The van der Waals surface area contributed by atoms with Crippen LogP contribution in [0.4, 0.5) is 0 Å². The second-order valence-electron chi connectivity index (χ2n) is 3.56. The van der Waals surface area contributed by atoms with Gasteiger partial charge in [0.05, 0.1) is 21.2 Å². The zero-order valence-corrected chi connectivity index (χ0v) is 9.98. The normalized spacial score (nSPS) is 24.8. The summed E-state index contributed by atoms with van der Waals surface area (Å²) in [4.78, 5) is 0. The molecule has 1 aromatic rings. The quantitative estimate of drug-likeness (QED) is 0.831. The topological polar surface area (TPSA) is 29.5 Å². The second-order valence-corrected chi connectivity index (χ2v) is 4.78. The molecule has 0 bridgehead atoms. The van der Waals surface area contributed by atoms with Gasteiger partial charge in [-0.3, -0.25) is 0 Å². The molecule has 2 nitrogen and oxygen atoms in total. The number of hydrogen-bond acceptors (Lipinski definition) is 2. The molecule has 1 aromatic carbocycles. The maximum Gasteiger partial charge on any atom is 0.139 e. The van der Waals surface area contributed by atoms with E-state index in [9.17, 15) is 0 Å². The van der Waals surface area contributed by atoms with Crippen molar-refractivity contribution < 1.29 is 9.84 Å². The van der Waals surface area contributed by atoms with Crippen LogP contribution in [0.25, 0.3) is 0 Å². The summed E-state index contributed by atoms with van der Waals surface area (Å²) < 4.78 is 5.55. The van der Waals surface area contributed by atoms with Crippen molar-refractivity contribution in [2.45, 2.75) is 25.0 Å². The Kier molecular flexibility index (Phi) is 3.31. The van der Waals surface area contributed by atoms with Gasteiger partial charge in [0.1, 0.15) is 11.9 Å². The fourth-order valence-corrected chi connectivity index (χ4v) is 1.99. The third-order valence-corrected chi connectivity index (χ3v) is 3.36. The number of rotatable bonds is 2. The first-order valence-electron chi connectivity index (χ1n) is 4.55. The van der Waals surface area contributed by atoms with Gasteiger partial charge in [0, 0.05) is 18.9 Å². The van der Waals surface area contributed by atoms with Crippen molar-refractivity contribution in [3.8, 4) is 5.75 Å². The summed E-state index contributed by atoms with van der Waals surface area (Å²) in [5.74, 6) is 0.517. The van der Waals surface area contributed by atoms with Crippen LogP contribution in [0.2, 0.25) is 15.1 Å². The van der Waals surface area contributed by atoms with E-state index < -0.39 is 0 Å². The van der Waals surface area contributed by atoms with Crippen molar-refractivity contribution in [3.05, 3.63) is 27.2 Å². The Morgan fingerprint density at radius 2 is 1.67 bits per heavy atom. The first kappa shape index (κ1) is 11.3. The van der Waals surface area contributed by atoms with Crippen LogP contribution in [0, 0.1) is 0 Å². The van der Waals surface area contributed by atoms with Crippen LogP contribution in [-0.4, -0.2) is 17.3 Å². The van der Waals surface area contributed by atoms with E-state index >= 15 is 0 Å². The lowest BCUT2D eigenvalue weighted by Crippen LogP contribution is -2.37. The zero-order chi connectivity index (χ0) is 11.0. The molecule has 0 unspecified atom stereocenters. The van der Waals surface area contributed by atoms with Gasteiger partial charge in [0.2, 0.25) is 0 Å². The summed E-state index contributed by atoms with van der Waals surface area (Å²) in [6, 6.07) is 3.15. The molecule has 1 aliphatic carbocycles. The summed E-state index contributed by atoms with van der Waals surface area (Å²) in [5.41, 5.74) is 0. The van der Waals surface area contributed by atoms with Crippen LogP contribution in [0.5, 0.6) is 5.75 Å². The molecular weight excluding hydrogens is 258 g/mol. The maximum absolute atomic E-state index is 9.10. The standard InChI is InChI=1S/C10H9Cl3O2/c11-7-3-9(13)10(4-8(7)12)15-6-1-5(14)2-6/h3-6,14H,1-2H2. The van der Waals surface area contributed by atoms with E-state index in [0.717, 1.165) is 0 Å². The van der Waals surface area contributed by atoms with Gasteiger partial charge in [-0.25, -0.2) is 0 Å². The van der Waals surface area contributed by atoms with Gasteiger partial charge in [-0.2, -0.15) is 0 Å². The summed E-state index contributed by atoms with van der Waals surface area (Å²) >= 11 is 17.6. The summed E-state index contributed by atoms with van der Waals surface area (Å²) in [6.07, 6.45) is 1.04. The van der Waals surface area contributed by atoms with E-state index in [1.807, 2.05) is 0 Å². The molecule has 1 fully saturated rings. The molecule has 0 aliphatic heterocycles. The van der Waals surface area contributed by atoms with Crippen LogP contribution >= 0.6 is 34.8 Å². The highest BCUT2D eigenvalue weighted by atomic mass is 35.5. The van der Waals surface area contributed by atoms with Gasteiger partial charge >= 0.3 is 0 Å². The molecule has 1 N–H and O–H groups in total. The van der Waals surface area contributed by atoms with Crippen LogP contribution in [0.3, 0.4) is 0 Å². The number of ether oxygens (including phenoxy) is 1. The lowest BCUT2D eigenvalue weighted by atomic mass is 9.92. The minimum Gasteiger partial charge on any atom is -0.489 e. The van der Waals surface area contributed by atoms with Crippen molar-refractivity contribution in [1.29, 1.82) is 0 Å². The van der Waals surface area contributed by atoms with Gasteiger partial charge in [-0.05, 0) is 6.07 Å². The molecule has 82 valence electrons. The molecular formula is C10H9Cl3O2. The van der Waals surface area contributed by atoms with Crippen LogP contribution in [-0.2, 0) is 0 Å². The Morgan fingerprint density at radius 3 is 2.27 bits per heavy atom. The van der Waals surface area contributed by atoms with Crippen LogP contribution in [0.1, 0.15) is 12.8 Å². The van der Waals surface area contributed by atoms with Gasteiger partial charge in [-0.15, -0.1) is 0 Å². The lowest BCUT2D eigenvalue weighted by Gasteiger charge is -2.31. The van der Waals surface area contributed by atoms with Crippen molar-refractivity contribution in [2.75, 3.05) is 0 Å². The second kappa shape index (κ2) is 4.38. The predicted octanol–water partition coefficient (Wildman–Crippen LogP) is 3.55. The molecule has 0 spiro atoms. The highest BCUT2D eigenvalue weighted by molar-refractivity contribution is 6.43. The van der Waals surface area contributed by atoms with Crippen LogP contribution in [0.15, 0.2) is 12.1 Å². The van der Waals surface area contributed by atoms with Gasteiger partial charge in [0.25, 0.3) is 0 Å². The smallest absolute Gasteiger partial charge is 0.139 e. The van der Waals surface area contributed by atoms with Crippen molar-refractivity contribution in [3.63, 3.8) is 0 Å². The molecule has 1 saturated carbocycles. The first-order chi connectivity index (χ1) is 7.06. The number of hydrogen-bond donors (Lipinski definition) is 1. The largest absolute Gasteiger partial charge is 0.489 e. The number of halogens is 3. The number of aliphatic hydroxyl groups is 1. The van der Waals surface area contributed by atoms with Crippen molar-refractivity contribution >= 4 is 34.8 Å². The van der Waals surface area contributed by atoms with E-state index in [0.29, 0.717) is 33.7 Å². The molecule has 5 heteroatoms. The molecule has 2 rings (SSSR count). The highest BCUT2D eigenvalue weighted by Crippen LogP contribution is 2.36. The fraction of sp³-hybridized carbons (Fsp3) is 0.400. The van der Waals surface area contributed by atoms with Crippen molar-refractivity contribution in [2.24, 2.45) is 0 Å². The molecule has 0 amide bonds. The Balaban J connectivity index is 2.11. The molecule has 0 radical (unpaired) electrons. The first-order valence-corrected chi connectivity index (χ1v) is 5.69. The fourth-order valence-electron chi connectivity index (χ4n) is 1.41. The van der Waals surface area contributed by atoms with E-state index in [-0.39, 0.29) is 12.2 Å². The minimum absolute atomic E-state index is 0.0229. The third kappa shape index (κ3) is 2.51. The number of aliphatic hydroxyl groups excluding tert-OH is 1. The average Bonchev–Trinajstić information content (AvgIpc) is 2.11. The molecule has 1 aliphatic rings. The molecule has 0 heterocycles. The monoisotopic (exact) mass is 266 g/mol. The van der Waals surface area contributed by atoms with E-state index in [1.54, 1.807) is 12.1 Å². The summed E-state index contributed by atoms with van der Waals surface area (Å²) in [6.45, 7) is 0. The average molecular weight is 268 g/mol. The van der Waals surface area contributed by atoms with Crippen molar-refractivity contribution in [1.82, 2.24) is 0 Å². The maximum atomic E-state index is 9.10. The molecule has 0 aromatic heterocycles. The van der Waals surface area contributed by atoms with Gasteiger partial charge < -0.3 is 9.84 Å². The van der Waals surface area contributed by atoms with E-state index in [1.165, 1.54) is 0 Å². The SMILES string of the molecule is OC1CC(Oc2cc(Cl)c(Cl)cc2Cl)C1. The molecule has 15 heavy (non-hydrogen) atoms. The highest BCUT2D eigenvalue weighted by Gasteiger charge is 2.29. The summed E-state index contributed by atoms with van der Waals surface area (Å²) in [5, 5.41) is 10.4. The van der Waals surface area contributed by atoms with Crippen LogP contribution < -0.4 is 4.74 Å². The third-order valence-electron chi connectivity index (χ3n) is 2.34. The molecule has 0 atom stereocenters. The Labute approximate surface area is 103 Å².